The largest absolute Gasteiger partial charge is 0.367 e. The Morgan fingerprint density at radius 3 is 2.67 bits per heavy atom. The van der Waals surface area contributed by atoms with E-state index < -0.39 is 0 Å². The molecule has 1 aromatic rings. The minimum Gasteiger partial charge on any atom is -0.367 e. The Morgan fingerprint density at radius 1 is 1.50 bits per heavy atom. The van der Waals surface area contributed by atoms with E-state index in [1.807, 2.05) is 18.7 Å². The van der Waals surface area contributed by atoms with Crippen LogP contribution in [0.1, 0.15) is 26.8 Å². The normalized spacial score (nSPS) is 24.0. The molecular weight excluding hydrogens is 252 g/mol. The first-order valence-corrected chi connectivity index (χ1v) is 6.57. The lowest BCUT2D eigenvalue weighted by molar-refractivity contribution is 0.502. The van der Waals surface area contributed by atoms with Crippen molar-refractivity contribution in [3.05, 3.63) is 21.6 Å². The average Bonchev–Trinajstić information content (AvgIpc) is 2.62. The summed E-state index contributed by atoms with van der Waals surface area (Å²) in [6.07, 6.45) is 1.66. The number of anilines is 1. The van der Waals surface area contributed by atoms with Gasteiger partial charge in [0, 0.05) is 19.1 Å². The second kappa shape index (κ2) is 4.90. The second-order valence-electron chi connectivity index (χ2n) is 5.23. The SMILES string of the molecule is CC1CN(c2cnn(C(C)C)c(=O)c2Cl)CC1N. The van der Waals surface area contributed by atoms with Crippen molar-refractivity contribution in [2.75, 3.05) is 18.0 Å². The quantitative estimate of drug-likeness (QED) is 0.879. The summed E-state index contributed by atoms with van der Waals surface area (Å²) in [5.74, 6) is 0.397. The molecule has 0 saturated carbocycles. The van der Waals surface area contributed by atoms with Gasteiger partial charge in [-0.15, -0.1) is 0 Å². The molecule has 100 valence electrons. The molecule has 6 heteroatoms. The standard InChI is InChI=1S/C12H19ClN4O/c1-7(2)17-12(18)11(13)10(4-15-17)16-5-8(3)9(14)6-16/h4,7-9H,5-6,14H2,1-3H3. The number of nitrogens with zero attached hydrogens (tertiary/aromatic N) is 3. The van der Waals surface area contributed by atoms with Gasteiger partial charge in [-0.1, -0.05) is 18.5 Å². The maximum atomic E-state index is 12.1. The fourth-order valence-electron chi connectivity index (χ4n) is 2.21. The van der Waals surface area contributed by atoms with Gasteiger partial charge in [-0.05, 0) is 19.8 Å². The molecule has 1 fully saturated rings. The molecule has 2 N–H and O–H groups in total. The van der Waals surface area contributed by atoms with E-state index in [1.165, 1.54) is 4.68 Å². The summed E-state index contributed by atoms with van der Waals surface area (Å²) in [4.78, 5) is 14.1. The van der Waals surface area contributed by atoms with Gasteiger partial charge in [0.15, 0.2) is 0 Å². The van der Waals surface area contributed by atoms with Crippen molar-refractivity contribution >= 4 is 17.3 Å². The topological polar surface area (TPSA) is 64.2 Å². The average molecular weight is 271 g/mol. The predicted octanol–water partition coefficient (Wildman–Crippen LogP) is 1.26. The van der Waals surface area contributed by atoms with Gasteiger partial charge in [0.2, 0.25) is 0 Å². The van der Waals surface area contributed by atoms with Gasteiger partial charge < -0.3 is 10.6 Å². The van der Waals surface area contributed by atoms with Crippen LogP contribution in [0, 0.1) is 5.92 Å². The zero-order chi connectivity index (χ0) is 13.4. The highest BCUT2D eigenvalue weighted by Crippen LogP contribution is 2.27. The minimum atomic E-state index is -0.239. The van der Waals surface area contributed by atoms with Crippen LogP contribution in [0.4, 0.5) is 5.69 Å². The van der Waals surface area contributed by atoms with E-state index >= 15 is 0 Å². The van der Waals surface area contributed by atoms with Crippen LogP contribution in [-0.2, 0) is 0 Å². The molecule has 0 amide bonds. The fourth-order valence-corrected chi connectivity index (χ4v) is 2.47. The fraction of sp³-hybridized carbons (Fsp3) is 0.667. The number of hydrogen-bond donors (Lipinski definition) is 1. The zero-order valence-corrected chi connectivity index (χ0v) is 11.7. The van der Waals surface area contributed by atoms with Crippen molar-refractivity contribution in [2.24, 2.45) is 11.7 Å². The Morgan fingerprint density at radius 2 is 2.17 bits per heavy atom. The molecule has 1 aliphatic heterocycles. The van der Waals surface area contributed by atoms with E-state index in [9.17, 15) is 4.79 Å². The molecule has 2 unspecified atom stereocenters. The number of aromatic nitrogens is 2. The van der Waals surface area contributed by atoms with Crippen molar-refractivity contribution in [1.29, 1.82) is 0 Å². The van der Waals surface area contributed by atoms with E-state index in [2.05, 4.69) is 12.0 Å². The van der Waals surface area contributed by atoms with Crippen LogP contribution in [-0.4, -0.2) is 28.9 Å². The molecule has 18 heavy (non-hydrogen) atoms. The van der Waals surface area contributed by atoms with Gasteiger partial charge in [0.1, 0.15) is 5.02 Å². The Kier molecular flexibility index (Phi) is 3.64. The molecule has 2 heterocycles. The third kappa shape index (κ3) is 2.24. The lowest BCUT2D eigenvalue weighted by atomic mass is 10.1. The van der Waals surface area contributed by atoms with E-state index in [4.69, 9.17) is 17.3 Å². The maximum Gasteiger partial charge on any atom is 0.287 e. The van der Waals surface area contributed by atoms with Gasteiger partial charge in [0.25, 0.3) is 5.56 Å². The highest BCUT2D eigenvalue weighted by Gasteiger charge is 2.29. The monoisotopic (exact) mass is 270 g/mol. The van der Waals surface area contributed by atoms with Crippen LogP contribution in [0.25, 0.3) is 0 Å². The summed E-state index contributed by atoms with van der Waals surface area (Å²) >= 11 is 6.16. The molecule has 1 saturated heterocycles. The molecule has 0 bridgehead atoms. The van der Waals surface area contributed by atoms with Crippen LogP contribution < -0.4 is 16.2 Å². The summed E-state index contributed by atoms with van der Waals surface area (Å²) in [5.41, 5.74) is 6.44. The summed E-state index contributed by atoms with van der Waals surface area (Å²) in [5, 5.41) is 4.41. The first-order chi connectivity index (χ1) is 8.41. The van der Waals surface area contributed by atoms with Crippen molar-refractivity contribution in [3.63, 3.8) is 0 Å². The summed E-state index contributed by atoms with van der Waals surface area (Å²) in [7, 11) is 0. The van der Waals surface area contributed by atoms with Crippen LogP contribution in [0.3, 0.4) is 0 Å². The zero-order valence-electron chi connectivity index (χ0n) is 10.9. The molecular formula is C12H19ClN4O. The van der Waals surface area contributed by atoms with E-state index in [0.29, 0.717) is 18.2 Å². The Labute approximate surface area is 112 Å². The van der Waals surface area contributed by atoms with Crippen LogP contribution in [0.5, 0.6) is 0 Å². The number of nitrogens with two attached hydrogens (primary N) is 1. The molecule has 5 nitrogen and oxygen atoms in total. The molecule has 0 aromatic carbocycles. The van der Waals surface area contributed by atoms with Gasteiger partial charge >= 0.3 is 0 Å². The highest BCUT2D eigenvalue weighted by atomic mass is 35.5. The smallest absolute Gasteiger partial charge is 0.287 e. The number of rotatable bonds is 2. The molecule has 2 atom stereocenters. The number of hydrogen-bond acceptors (Lipinski definition) is 4. The van der Waals surface area contributed by atoms with Gasteiger partial charge in [-0.3, -0.25) is 4.79 Å². The third-order valence-electron chi connectivity index (χ3n) is 3.43. The molecule has 0 aliphatic carbocycles. The lowest BCUT2D eigenvalue weighted by Gasteiger charge is -2.20. The summed E-state index contributed by atoms with van der Waals surface area (Å²) < 4.78 is 1.39. The molecule has 2 rings (SSSR count). The molecule has 1 aromatic heterocycles. The highest BCUT2D eigenvalue weighted by molar-refractivity contribution is 6.33. The summed E-state index contributed by atoms with van der Waals surface area (Å²) in [6, 6.07) is 0.123. The number of halogens is 1. The van der Waals surface area contributed by atoms with E-state index in [0.717, 1.165) is 6.54 Å². The van der Waals surface area contributed by atoms with Crippen LogP contribution in [0.2, 0.25) is 5.02 Å². The minimum absolute atomic E-state index is 0.00353. The Hall–Kier alpha value is -1.07. The van der Waals surface area contributed by atoms with E-state index in [1.54, 1.807) is 6.20 Å². The molecule has 1 aliphatic rings. The third-order valence-corrected chi connectivity index (χ3v) is 3.78. The first kappa shape index (κ1) is 13.4. The predicted molar refractivity (Wildman–Crippen MR) is 73.2 cm³/mol. The molecule has 0 radical (unpaired) electrons. The second-order valence-corrected chi connectivity index (χ2v) is 5.61. The van der Waals surface area contributed by atoms with E-state index in [-0.39, 0.29) is 22.7 Å². The van der Waals surface area contributed by atoms with Crippen molar-refractivity contribution < 1.29 is 0 Å². The van der Waals surface area contributed by atoms with Crippen molar-refractivity contribution in [3.8, 4) is 0 Å². The summed E-state index contributed by atoms with van der Waals surface area (Å²) in [6.45, 7) is 7.43. The first-order valence-electron chi connectivity index (χ1n) is 6.19. The van der Waals surface area contributed by atoms with Gasteiger partial charge in [-0.2, -0.15) is 5.10 Å². The van der Waals surface area contributed by atoms with Crippen LogP contribution in [0.15, 0.2) is 11.0 Å². The van der Waals surface area contributed by atoms with Crippen LogP contribution >= 0.6 is 11.6 Å². The van der Waals surface area contributed by atoms with Gasteiger partial charge in [0.05, 0.1) is 17.9 Å². The van der Waals surface area contributed by atoms with Crippen molar-refractivity contribution in [2.45, 2.75) is 32.9 Å². The Balaban J connectivity index is 2.37. The van der Waals surface area contributed by atoms with Gasteiger partial charge in [-0.25, -0.2) is 4.68 Å². The molecule has 0 spiro atoms. The lowest BCUT2D eigenvalue weighted by Crippen LogP contribution is -2.31. The Bertz CT molecular complexity index is 489. The maximum absolute atomic E-state index is 12.1. The van der Waals surface area contributed by atoms with Crippen molar-refractivity contribution in [1.82, 2.24) is 9.78 Å².